The molecule has 1 N–H and O–H groups in total. The number of allylic oxidation sites excluding steroid dienone is 4. The molecule has 0 bridgehead atoms. The monoisotopic (exact) mass is 371 g/mol. The molecule has 0 aliphatic heterocycles. The molecule has 0 heterocycles. The molecule has 0 saturated heterocycles. The summed E-state index contributed by atoms with van der Waals surface area (Å²) in [5.41, 5.74) is 11.4. The molecule has 20 heavy (non-hydrogen) atoms. The van der Waals surface area contributed by atoms with E-state index >= 15 is 0 Å². The van der Waals surface area contributed by atoms with Crippen molar-refractivity contribution in [2.45, 2.75) is 67.1 Å². The van der Waals surface area contributed by atoms with Gasteiger partial charge in [0.05, 0.1) is 8.80 Å². The van der Waals surface area contributed by atoms with E-state index in [0.717, 1.165) is 5.92 Å². The van der Waals surface area contributed by atoms with Crippen LogP contribution >= 0.6 is 24.8 Å². The van der Waals surface area contributed by atoms with Gasteiger partial charge in [-0.25, -0.2) is 0 Å². The Balaban J connectivity index is -0.000000141. The van der Waals surface area contributed by atoms with Gasteiger partial charge in [0.1, 0.15) is 0 Å². The van der Waals surface area contributed by atoms with Gasteiger partial charge in [-0.1, -0.05) is 57.1 Å². The van der Waals surface area contributed by atoms with Crippen molar-refractivity contribution >= 4 is 33.6 Å². The van der Waals surface area contributed by atoms with Crippen LogP contribution in [0.2, 0.25) is 13.1 Å². The topological polar surface area (TPSA) is 23.8 Å². The van der Waals surface area contributed by atoms with Crippen molar-refractivity contribution in [3.8, 4) is 0 Å². The van der Waals surface area contributed by atoms with Gasteiger partial charge in [-0.05, 0) is 32.3 Å². The Kier molecular flexibility index (Phi) is 16.7. The molecule has 0 spiro atoms. The second kappa shape index (κ2) is 11.5. The average molecular weight is 372 g/mol. The Morgan fingerprint density at radius 1 is 0.950 bits per heavy atom. The Bertz CT molecular complexity index is 338. The van der Waals surface area contributed by atoms with Crippen molar-refractivity contribution in [3.63, 3.8) is 0 Å². The molecule has 0 amide bonds. The molecule has 0 saturated carbocycles. The van der Waals surface area contributed by atoms with E-state index in [1.54, 1.807) is 21.9 Å². The first-order valence-electron chi connectivity index (χ1n) is 6.40. The fraction of sp³-hybridized carbons (Fsp3) is 0.733. The minimum atomic E-state index is -0.250. The molecule has 1 nitrogen and oxygen atoms in total. The van der Waals surface area contributed by atoms with Crippen LogP contribution in [0.5, 0.6) is 0 Å². The van der Waals surface area contributed by atoms with E-state index in [1.165, 1.54) is 0 Å². The van der Waals surface area contributed by atoms with Crippen LogP contribution < -0.4 is 0 Å². The summed E-state index contributed by atoms with van der Waals surface area (Å²) in [7, 11) is -0.237. The molecule has 1 atom stereocenters. The zero-order valence-corrected chi connectivity index (χ0v) is 18.6. The Labute approximate surface area is 155 Å². The van der Waals surface area contributed by atoms with Crippen LogP contribution in [0.1, 0.15) is 48.5 Å². The SMILES string of the molecule is CC(C)(C)[NH-].CC1=C(C)C(C)C([Si](C)C)=C1C.Cl.Cl.[Ti]. The predicted molar refractivity (Wildman–Crippen MR) is 96.3 cm³/mol. The van der Waals surface area contributed by atoms with Crippen molar-refractivity contribution in [2.75, 3.05) is 0 Å². The molecule has 0 aromatic carbocycles. The summed E-state index contributed by atoms with van der Waals surface area (Å²) in [4.78, 5) is 0. The van der Waals surface area contributed by atoms with Gasteiger partial charge in [0.15, 0.2) is 0 Å². The molecule has 1 aliphatic rings. The second-order valence-corrected chi connectivity index (χ2v) is 8.86. The fourth-order valence-electron chi connectivity index (χ4n) is 2.17. The van der Waals surface area contributed by atoms with Gasteiger partial charge >= 0.3 is 0 Å². The van der Waals surface area contributed by atoms with Gasteiger partial charge in [-0.15, -0.1) is 30.4 Å². The number of hydrogen-bond acceptors (Lipinski definition) is 0. The summed E-state index contributed by atoms with van der Waals surface area (Å²) < 4.78 is 0. The first-order chi connectivity index (χ1) is 7.46. The number of rotatable bonds is 1. The maximum Gasteiger partial charge on any atom is 0.0748 e. The third-order valence-electron chi connectivity index (χ3n) is 3.18. The van der Waals surface area contributed by atoms with Gasteiger partial charge < -0.3 is 5.73 Å². The summed E-state index contributed by atoms with van der Waals surface area (Å²) in [6, 6.07) is 0. The van der Waals surface area contributed by atoms with Crippen LogP contribution in [0, 0.1) is 5.92 Å². The summed E-state index contributed by atoms with van der Waals surface area (Å²) in [6.45, 7) is 19.5. The molecule has 0 aromatic rings. The van der Waals surface area contributed by atoms with Crippen molar-refractivity contribution < 1.29 is 21.7 Å². The molecular weight excluding hydrogens is 341 g/mol. The summed E-state index contributed by atoms with van der Waals surface area (Å²) in [6.07, 6.45) is 0. The first kappa shape index (κ1) is 29.0. The zero-order valence-electron chi connectivity index (χ0n) is 14.4. The zero-order chi connectivity index (χ0) is 14.0. The Morgan fingerprint density at radius 2 is 1.25 bits per heavy atom. The summed E-state index contributed by atoms with van der Waals surface area (Å²) in [5.74, 6) is 0.730. The quantitative estimate of drug-likeness (QED) is 0.485. The summed E-state index contributed by atoms with van der Waals surface area (Å²) >= 11 is 0. The molecule has 1 aliphatic carbocycles. The Hall–Kier alpha value is 0.951. The van der Waals surface area contributed by atoms with Crippen LogP contribution in [0.15, 0.2) is 21.9 Å². The van der Waals surface area contributed by atoms with E-state index in [-0.39, 0.29) is 60.9 Å². The predicted octanol–water partition coefficient (Wildman–Crippen LogP) is 6.26. The van der Waals surface area contributed by atoms with E-state index in [9.17, 15) is 0 Å². The third-order valence-corrected chi connectivity index (χ3v) is 5.06. The van der Waals surface area contributed by atoms with E-state index in [1.807, 2.05) is 20.8 Å². The molecule has 1 rings (SSSR count). The van der Waals surface area contributed by atoms with Gasteiger partial charge in [-0.3, -0.25) is 0 Å². The van der Waals surface area contributed by atoms with E-state index in [0.29, 0.717) is 0 Å². The maximum absolute atomic E-state index is 6.94. The molecular formula is C15H31Cl2NSiTi-. The molecule has 1 radical (unpaired) electrons. The van der Waals surface area contributed by atoms with Gasteiger partial charge in [0.25, 0.3) is 0 Å². The largest absolute Gasteiger partial charge is 0.673 e. The minimum Gasteiger partial charge on any atom is -0.673 e. The van der Waals surface area contributed by atoms with Gasteiger partial charge in [-0.2, -0.15) is 0 Å². The van der Waals surface area contributed by atoms with Gasteiger partial charge in [0.2, 0.25) is 0 Å². The molecule has 1 unspecified atom stereocenters. The third kappa shape index (κ3) is 9.81. The van der Waals surface area contributed by atoms with E-state index in [4.69, 9.17) is 5.73 Å². The van der Waals surface area contributed by atoms with Gasteiger partial charge in [0, 0.05) is 21.7 Å². The van der Waals surface area contributed by atoms with Crippen LogP contribution in [0.4, 0.5) is 0 Å². The molecule has 0 fully saturated rings. The molecule has 5 heteroatoms. The molecule has 0 aromatic heterocycles. The number of hydrogen-bond donors (Lipinski definition) is 0. The van der Waals surface area contributed by atoms with Crippen LogP contribution in [0.25, 0.3) is 5.73 Å². The van der Waals surface area contributed by atoms with Crippen molar-refractivity contribution in [3.05, 3.63) is 27.6 Å². The van der Waals surface area contributed by atoms with Crippen LogP contribution in [0.3, 0.4) is 0 Å². The molecule has 119 valence electrons. The number of halogens is 2. The second-order valence-electron chi connectivity index (χ2n) is 6.32. The fourth-order valence-corrected chi connectivity index (χ4v) is 4.19. The normalized spacial score (nSPS) is 17.9. The smallest absolute Gasteiger partial charge is 0.0748 e. The van der Waals surface area contributed by atoms with E-state index in [2.05, 4.69) is 40.8 Å². The van der Waals surface area contributed by atoms with E-state index < -0.39 is 0 Å². The Morgan fingerprint density at radius 3 is 1.35 bits per heavy atom. The van der Waals surface area contributed by atoms with Crippen LogP contribution in [-0.4, -0.2) is 14.3 Å². The maximum atomic E-state index is 6.94. The van der Waals surface area contributed by atoms with Crippen molar-refractivity contribution in [1.29, 1.82) is 0 Å². The standard InChI is InChI=1S/C11H19Si.C4H10N.2ClH.Ti/c1-7-8(2)10(4)11(9(7)3)12(5)6;1-4(2,3)5;;;/h9H,1-6H3;5H,1-3H3;2*1H;/q;-1;;;. The minimum absolute atomic E-state index is 0. The van der Waals surface area contributed by atoms with Crippen molar-refractivity contribution in [1.82, 2.24) is 0 Å². The van der Waals surface area contributed by atoms with Crippen molar-refractivity contribution in [2.24, 2.45) is 5.92 Å². The number of nitrogens with one attached hydrogen (secondary N) is 1. The average Bonchev–Trinajstić information content (AvgIpc) is 2.28. The first-order valence-corrected chi connectivity index (χ1v) is 8.90. The summed E-state index contributed by atoms with van der Waals surface area (Å²) in [5, 5.41) is 1.75. The van der Waals surface area contributed by atoms with Crippen LogP contribution in [-0.2, 0) is 21.7 Å².